The molecule has 2 aliphatic carbocycles. The van der Waals surface area contributed by atoms with Gasteiger partial charge in [0, 0.05) is 16.6 Å². The molecule has 1 radical (unpaired) electrons. The lowest BCUT2D eigenvalue weighted by atomic mass is 9.99. The van der Waals surface area contributed by atoms with E-state index in [-0.39, 0.29) is 22.0 Å². The van der Waals surface area contributed by atoms with Gasteiger partial charge in [0.15, 0.2) is 5.75 Å². The van der Waals surface area contributed by atoms with Crippen molar-refractivity contribution in [3.8, 4) is 16.9 Å². The van der Waals surface area contributed by atoms with Crippen LogP contribution in [-0.2, 0) is 12.8 Å². The summed E-state index contributed by atoms with van der Waals surface area (Å²) in [5.74, 6) is 0.0185. The van der Waals surface area contributed by atoms with Gasteiger partial charge < -0.3 is 9.68 Å². The number of hydrogen-bond donors (Lipinski definition) is 1. The maximum Gasteiger partial charge on any atom is 0.569 e. The Morgan fingerprint density at radius 3 is 1.65 bits per heavy atom. The fourth-order valence-corrected chi connectivity index (χ4v) is 6.50. The van der Waals surface area contributed by atoms with Crippen LogP contribution in [0, 0.1) is 20.2 Å². The lowest BCUT2D eigenvalue weighted by molar-refractivity contribution is -0.385. The lowest BCUT2D eigenvalue weighted by Crippen LogP contribution is -2.02. The van der Waals surface area contributed by atoms with Gasteiger partial charge in [-0.2, -0.15) is 0 Å². The van der Waals surface area contributed by atoms with Crippen LogP contribution in [0.3, 0.4) is 0 Å². The second-order valence-electron chi connectivity index (χ2n) is 11.9. The number of nitro groups is 2. The highest BCUT2D eigenvalue weighted by molar-refractivity contribution is 9.10. The Morgan fingerprint density at radius 2 is 1.08 bits per heavy atom. The molecule has 6 aromatic rings. The molecule has 0 amide bonds. The number of allylic oxidation sites excluding steroid dienone is 2. The molecule has 2 aliphatic rings. The van der Waals surface area contributed by atoms with Crippen molar-refractivity contribution in [1.82, 2.24) is 0 Å². The largest absolute Gasteiger partial charge is 0.569 e. The van der Waals surface area contributed by atoms with Gasteiger partial charge in [-0.1, -0.05) is 131 Å². The minimum atomic E-state index is -0.584. The molecule has 0 atom stereocenters. The number of nitro benzene ring substituents is 2. The molecule has 8 rings (SSSR count). The Balaban J connectivity index is 0.000000144. The molecule has 0 bridgehead atoms. The molecule has 0 fully saturated rings. The molecule has 0 saturated heterocycles. The van der Waals surface area contributed by atoms with Crippen molar-refractivity contribution in [2.45, 2.75) is 12.8 Å². The third-order valence-corrected chi connectivity index (χ3v) is 9.11. The number of rotatable bonds is 7. The minimum Gasteiger partial charge on any atom is -0.533 e. The van der Waals surface area contributed by atoms with Crippen LogP contribution >= 0.6 is 15.9 Å². The summed E-state index contributed by atoms with van der Waals surface area (Å²) in [4.78, 5) is 20.7. The zero-order valence-electron chi connectivity index (χ0n) is 27.8. The highest BCUT2D eigenvalue weighted by Gasteiger charge is 2.19. The summed E-state index contributed by atoms with van der Waals surface area (Å²) >= 11 is 3.51. The summed E-state index contributed by atoms with van der Waals surface area (Å²) in [6.07, 6.45) is 6.42. The quantitative estimate of drug-likeness (QED) is 0.0987. The average molecular weight is 750 g/mol. The minimum absolute atomic E-state index is 0.0185. The van der Waals surface area contributed by atoms with E-state index in [1.807, 2.05) is 36.4 Å². The van der Waals surface area contributed by atoms with Crippen molar-refractivity contribution >= 4 is 58.3 Å². The summed E-state index contributed by atoms with van der Waals surface area (Å²) in [6.45, 7) is 0. The summed E-state index contributed by atoms with van der Waals surface area (Å²) in [6, 6.07) is 46.2. The van der Waals surface area contributed by atoms with E-state index in [0.717, 1.165) is 28.4 Å². The standard InChI is InChI=1S/C21H15NO2.C15H11Br.C6H5BNO4/c23-22(24)21-9-5-4-8-20(21)17-11-10-16-12-18(14-19(16)13-17)15-6-2-1-3-7-15;16-15-7-6-12-8-13(9-14(12)10-15)11-4-2-1-3-5-11;9-7-12-6-4-2-1-3-5(6)8(10)11/h1-11,13-14H,12H2;1-7,9-10H,8H2;1-4,9H. The Morgan fingerprint density at radius 1 is 0.577 bits per heavy atom. The second kappa shape index (κ2) is 16.7. The van der Waals surface area contributed by atoms with Gasteiger partial charge in [-0.15, -0.1) is 0 Å². The SMILES string of the molecule is Brc1ccc2c(c1)C=C(c1ccccc1)C2.O=[N+]([O-])c1ccccc1-c1ccc2c(c1)C=C(c1ccccc1)C2.O=[N+]([O-])c1ccccc1O[B]O. The summed E-state index contributed by atoms with van der Waals surface area (Å²) in [5.41, 5.74) is 11.9. The van der Waals surface area contributed by atoms with E-state index in [1.54, 1.807) is 24.3 Å². The van der Waals surface area contributed by atoms with Crippen LogP contribution in [0.2, 0.25) is 0 Å². The van der Waals surface area contributed by atoms with E-state index in [9.17, 15) is 20.2 Å². The predicted octanol–water partition coefficient (Wildman–Crippen LogP) is 10.4. The van der Waals surface area contributed by atoms with Crippen molar-refractivity contribution in [3.63, 3.8) is 0 Å². The van der Waals surface area contributed by atoms with Crippen molar-refractivity contribution in [1.29, 1.82) is 0 Å². The number of halogens is 1. The molecule has 0 spiro atoms. The van der Waals surface area contributed by atoms with Crippen LogP contribution in [0.4, 0.5) is 11.4 Å². The fraction of sp³-hybridized carbons (Fsp3) is 0.0476. The molecule has 10 heteroatoms. The molecule has 8 nitrogen and oxygen atoms in total. The van der Waals surface area contributed by atoms with Crippen LogP contribution in [0.1, 0.15) is 33.4 Å². The Hall–Kier alpha value is -6.10. The maximum atomic E-state index is 11.3. The van der Waals surface area contributed by atoms with Crippen molar-refractivity contribution < 1.29 is 19.5 Å². The van der Waals surface area contributed by atoms with E-state index < -0.39 is 4.92 Å². The molecular weight excluding hydrogens is 719 g/mol. The third-order valence-electron chi connectivity index (χ3n) is 8.62. The van der Waals surface area contributed by atoms with E-state index in [4.69, 9.17) is 5.02 Å². The predicted molar refractivity (Wildman–Crippen MR) is 210 cm³/mol. The van der Waals surface area contributed by atoms with E-state index in [0.29, 0.717) is 13.2 Å². The van der Waals surface area contributed by atoms with E-state index in [1.165, 1.54) is 57.2 Å². The molecule has 0 saturated carbocycles. The van der Waals surface area contributed by atoms with Crippen LogP contribution in [-0.4, -0.2) is 22.6 Å². The van der Waals surface area contributed by atoms with E-state index in [2.05, 4.69) is 99.5 Å². The van der Waals surface area contributed by atoms with Gasteiger partial charge in [0.2, 0.25) is 0 Å². The van der Waals surface area contributed by atoms with E-state index >= 15 is 0 Å². The number of para-hydroxylation sites is 3. The zero-order chi connectivity index (χ0) is 36.5. The smallest absolute Gasteiger partial charge is 0.533 e. The van der Waals surface area contributed by atoms with Gasteiger partial charge in [0.05, 0.1) is 15.4 Å². The summed E-state index contributed by atoms with van der Waals surface area (Å²) in [7, 11) is 0.405. The maximum absolute atomic E-state index is 11.3. The zero-order valence-corrected chi connectivity index (χ0v) is 29.3. The molecule has 0 heterocycles. The normalized spacial score (nSPS) is 12.0. The van der Waals surface area contributed by atoms with Crippen LogP contribution < -0.4 is 4.65 Å². The van der Waals surface area contributed by atoms with Crippen LogP contribution in [0.5, 0.6) is 5.75 Å². The topological polar surface area (TPSA) is 116 Å². The van der Waals surface area contributed by atoms with Crippen LogP contribution in [0.25, 0.3) is 34.4 Å². The first-order valence-corrected chi connectivity index (χ1v) is 17.1. The summed E-state index contributed by atoms with van der Waals surface area (Å²) < 4.78 is 5.64. The fourth-order valence-electron chi connectivity index (χ4n) is 6.12. The molecule has 1 N–H and O–H groups in total. The summed E-state index contributed by atoms with van der Waals surface area (Å²) in [5, 5.41) is 29.8. The van der Waals surface area contributed by atoms with Gasteiger partial charge >= 0.3 is 13.4 Å². The lowest BCUT2D eigenvalue weighted by Gasteiger charge is -2.06. The van der Waals surface area contributed by atoms with Gasteiger partial charge in [0.25, 0.3) is 5.69 Å². The molecule has 255 valence electrons. The first-order chi connectivity index (χ1) is 25.3. The van der Waals surface area contributed by atoms with Gasteiger partial charge in [0.1, 0.15) is 0 Å². The third kappa shape index (κ3) is 8.61. The molecule has 0 unspecified atom stereocenters. The monoisotopic (exact) mass is 749 g/mol. The number of fused-ring (bicyclic) bond motifs is 2. The van der Waals surface area contributed by atoms with Crippen LogP contribution in [0.15, 0.2) is 150 Å². The van der Waals surface area contributed by atoms with Crippen molar-refractivity contribution in [3.05, 3.63) is 204 Å². The van der Waals surface area contributed by atoms with Crippen molar-refractivity contribution in [2.24, 2.45) is 0 Å². The molecule has 6 aromatic carbocycles. The highest BCUT2D eigenvalue weighted by atomic mass is 79.9. The molecular formula is C42H31BBrN2O6. The molecule has 52 heavy (non-hydrogen) atoms. The number of hydrogen-bond acceptors (Lipinski definition) is 6. The number of benzene rings is 6. The Kier molecular flexibility index (Phi) is 11.5. The van der Waals surface area contributed by atoms with Crippen molar-refractivity contribution in [2.75, 3.05) is 0 Å². The molecule has 0 aromatic heterocycles. The average Bonchev–Trinajstić information content (AvgIpc) is 3.80. The van der Waals surface area contributed by atoms with Gasteiger partial charge in [-0.05, 0) is 93.3 Å². The van der Waals surface area contributed by atoms with Gasteiger partial charge in [-0.25, -0.2) is 0 Å². The first kappa shape index (κ1) is 35.7. The molecule has 0 aliphatic heterocycles. The number of nitrogens with zero attached hydrogens (tertiary/aromatic N) is 2. The first-order valence-electron chi connectivity index (χ1n) is 16.3. The highest BCUT2D eigenvalue weighted by Crippen LogP contribution is 2.37. The Bertz CT molecular complexity index is 2290. The second-order valence-corrected chi connectivity index (χ2v) is 12.8. The Labute approximate surface area is 310 Å². The van der Waals surface area contributed by atoms with Gasteiger partial charge in [-0.3, -0.25) is 20.2 Å².